The molecule has 0 radical (unpaired) electrons. The van der Waals surface area contributed by atoms with E-state index in [1.54, 1.807) is 6.92 Å². The van der Waals surface area contributed by atoms with E-state index in [1.807, 2.05) is 0 Å². The van der Waals surface area contributed by atoms with Gasteiger partial charge in [-0.3, -0.25) is 0 Å². The molecule has 0 saturated heterocycles. The van der Waals surface area contributed by atoms with Crippen LogP contribution in [0.3, 0.4) is 0 Å². The van der Waals surface area contributed by atoms with E-state index in [0.717, 1.165) is 18.8 Å². The Morgan fingerprint density at radius 2 is 2.00 bits per heavy atom. The molecule has 0 spiro atoms. The van der Waals surface area contributed by atoms with Crippen molar-refractivity contribution in [2.45, 2.75) is 64.8 Å². The minimum atomic E-state index is -2.82. The van der Waals surface area contributed by atoms with E-state index in [4.69, 9.17) is 5.73 Å². The molecule has 3 nitrogen and oxygen atoms in total. The van der Waals surface area contributed by atoms with Crippen LogP contribution in [0.4, 0.5) is 0 Å². The minimum Gasteiger partial charge on any atom is -0.327 e. The van der Waals surface area contributed by atoms with Gasteiger partial charge in [0.15, 0.2) is 0 Å². The third-order valence-corrected chi connectivity index (χ3v) is 6.23. The Morgan fingerprint density at radius 1 is 1.28 bits per heavy atom. The standard InChI is InChI=1S/C14H29NO2S/c1-3-12-7-5-8-13(11-12)14(15)9-6-10-18(16,17)4-2/h12-14H,3-11,15H2,1-2H3. The Kier molecular flexibility index (Phi) is 6.64. The molecular weight excluding hydrogens is 246 g/mol. The average Bonchev–Trinajstić information content (AvgIpc) is 2.38. The molecular formula is C14H29NO2S. The van der Waals surface area contributed by atoms with E-state index < -0.39 is 9.84 Å². The van der Waals surface area contributed by atoms with Crippen LogP contribution in [0, 0.1) is 11.8 Å². The van der Waals surface area contributed by atoms with Crippen molar-refractivity contribution < 1.29 is 8.42 Å². The van der Waals surface area contributed by atoms with Crippen LogP contribution in [0.2, 0.25) is 0 Å². The van der Waals surface area contributed by atoms with E-state index in [9.17, 15) is 8.42 Å². The van der Waals surface area contributed by atoms with E-state index >= 15 is 0 Å². The van der Waals surface area contributed by atoms with Crippen molar-refractivity contribution in [1.29, 1.82) is 0 Å². The summed E-state index contributed by atoms with van der Waals surface area (Å²) in [5.74, 6) is 2.02. The summed E-state index contributed by atoms with van der Waals surface area (Å²) in [5.41, 5.74) is 6.24. The first-order valence-electron chi connectivity index (χ1n) is 7.44. The highest BCUT2D eigenvalue weighted by molar-refractivity contribution is 7.91. The normalized spacial score (nSPS) is 27.1. The van der Waals surface area contributed by atoms with Gasteiger partial charge in [0.1, 0.15) is 9.84 Å². The lowest BCUT2D eigenvalue weighted by molar-refractivity contribution is 0.223. The van der Waals surface area contributed by atoms with Gasteiger partial charge in [-0.15, -0.1) is 0 Å². The number of hydrogen-bond donors (Lipinski definition) is 1. The molecule has 0 aromatic rings. The number of nitrogens with two attached hydrogens (primary N) is 1. The number of hydrogen-bond acceptors (Lipinski definition) is 3. The van der Waals surface area contributed by atoms with Crippen molar-refractivity contribution in [2.24, 2.45) is 17.6 Å². The maximum atomic E-state index is 11.4. The van der Waals surface area contributed by atoms with Crippen molar-refractivity contribution in [1.82, 2.24) is 0 Å². The molecule has 1 rings (SSSR count). The largest absolute Gasteiger partial charge is 0.327 e. The van der Waals surface area contributed by atoms with E-state index in [-0.39, 0.29) is 11.8 Å². The van der Waals surface area contributed by atoms with Crippen LogP contribution in [-0.2, 0) is 9.84 Å². The molecule has 2 N–H and O–H groups in total. The number of sulfone groups is 1. The van der Waals surface area contributed by atoms with Crippen molar-refractivity contribution in [3.8, 4) is 0 Å². The summed E-state index contributed by atoms with van der Waals surface area (Å²) >= 11 is 0. The summed E-state index contributed by atoms with van der Waals surface area (Å²) in [5, 5.41) is 0. The van der Waals surface area contributed by atoms with Crippen molar-refractivity contribution in [2.75, 3.05) is 11.5 Å². The zero-order chi connectivity index (χ0) is 13.6. The van der Waals surface area contributed by atoms with Gasteiger partial charge in [0.2, 0.25) is 0 Å². The summed E-state index contributed by atoms with van der Waals surface area (Å²) in [6.45, 7) is 3.97. The predicted molar refractivity (Wildman–Crippen MR) is 77.3 cm³/mol. The van der Waals surface area contributed by atoms with Gasteiger partial charge in [0.05, 0.1) is 5.75 Å². The highest BCUT2D eigenvalue weighted by Gasteiger charge is 2.25. The third kappa shape index (κ3) is 5.27. The highest BCUT2D eigenvalue weighted by Crippen LogP contribution is 2.33. The molecule has 3 atom stereocenters. The summed E-state index contributed by atoms with van der Waals surface area (Å²) in [6, 6.07) is 0.200. The van der Waals surface area contributed by atoms with Gasteiger partial charge in [-0.05, 0) is 37.5 Å². The average molecular weight is 275 g/mol. The molecule has 18 heavy (non-hydrogen) atoms. The second kappa shape index (κ2) is 7.49. The molecule has 0 bridgehead atoms. The lowest BCUT2D eigenvalue weighted by Crippen LogP contribution is -2.34. The molecule has 0 aromatic heterocycles. The Labute approximate surface area is 112 Å². The summed E-state index contributed by atoms with van der Waals surface area (Å²) in [6.07, 6.45) is 7.98. The first-order valence-corrected chi connectivity index (χ1v) is 9.26. The monoisotopic (exact) mass is 275 g/mol. The molecule has 0 aromatic carbocycles. The van der Waals surface area contributed by atoms with Gasteiger partial charge in [-0.25, -0.2) is 8.42 Å². The molecule has 4 heteroatoms. The van der Waals surface area contributed by atoms with E-state index in [2.05, 4.69) is 6.92 Å². The highest BCUT2D eigenvalue weighted by atomic mass is 32.2. The fourth-order valence-electron chi connectivity index (χ4n) is 3.01. The van der Waals surface area contributed by atoms with Gasteiger partial charge >= 0.3 is 0 Å². The van der Waals surface area contributed by atoms with E-state index in [1.165, 1.54) is 32.1 Å². The second-order valence-corrected chi connectivity index (χ2v) is 8.22. The smallest absolute Gasteiger partial charge is 0.150 e. The Hall–Kier alpha value is -0.0900. The van der Waals surface area contributed by atoms with Crippen molar-refractivity contribution in [3.63, 3.8) is 0 Å². The third-order valence-electron chi connectivity index (χ3n) is 4.44. The molecule has 1 aliphatic carbocycles. The Morgan fingerprint density at radius 3 is 2.61 bits per heavy atom. The van der Waals surface area contributed by atoms with Gasteiger partial charge < -0.3 is 5.73 Å². The zero-order valence-electron chi connectivity index (χ0n) is 11.9. The summed E-state index contributed by atoms with van der Waals surface area (Å²) in [7, 11) is -2.82. The van der Waals surface area contributed by atoms with Crippen LogP contribution in [0.25, 0.3) is 0 Å². The van der Waals surface area contributed by atoms with Gasteiger partial charge in [-0.1, -0.05) is 33.1 Å². The molecule has 0 aliphatic heterocycles. The molecule has 0 heterocycles. The maximum absolute atomic E-state index is 11.4. The molecule has 1 fully saturated rings. The lowest BCUT2D eigenvalue weighted by atomic mass is 9.76. The van der Waals surface area contributed by atoms with Crippen LogP contribution in [-0.4, -0.2) is 26.0 Å². The topological polar surface area (TPSA) is 60.2 Å². The predicted octanol–water partition coefficient (Wildman–Crippen LogP) is 2.75. The molecule has 1 saturated carbocycles. The SMILES string of the molecule is CCC1CCCC(C(N)CCCS(=O)(=O)CC)C1. The Balaban J connectivity index is 2.30. The van der Waals surface area contributed by atoms with Crippen LogP contribution >= 0.6 is 0 Å². The Bertz CT molecular complexity index is 327. The summed E-state index contributed by atoms with van der Waals surface area (Å²) < 4.78 is 22.8. The fraction of sp³-hybridized carbons (Fsp3) is 1.00. The molecule has 3 unspecified atom stereocenters. The maximum Gasteiger partial charge on any atom is 0.150 e. The summed E-state index contributed by atoms with van der Waals surface area (Å²) in [4.78, 5) is 0. The molecule has 0 amide bonds. The first kappa shape index (κ1) is 16.0. The quantitative estimate of drug-likeness (QED) is 0.777. The van der Waals surface area contributed by atoms with Crippen LogP contribution in [0.15, 0.2) is 0 Å². The first-order chi connectivity index (χ1) is 8.48. The molecule has 108 valence electrons. The van der Waals surface area contributed by atoms with Crippen LogP contribution in [0.5, 0.6) is 0 Å². The zero-order valence-corrected chi connectivity index (χ0v) is 12.7. The van der Waals surface area contributed by atoms with Crippen LogP contribution in [0.1, 0.15) is 58.8 Å². The van der Waals surface area contributed by atoms with E-state index in [0.29, 0.717) is 11.7 Å². The lowest BCUT2D eigenvalue weighted by Gasteiger charge is -2.32. The van der Waals surface area contributed by atoms with Gasteiger partial charge in [0, 0.05) is 11.8 Å². The second-order valence-electron chi connectivity index (χ2n) is 5.74. The fourth-order valence-corrected chi connectivity index (χ4v) is 3.91. The van der Waals surface area contributed by atoms with Crippen molar-refractivity contribution in [3.05, 3.63) is 0 Å². The van der Waals surface area contributed by atoms with Crippen LogP contribution < -0.4 is 5.73 Å². The van der Waals surface area contributed by atoms with Gasteiger partial charge in [-0.2, -0.15) is 0 Å². The minimum absolute atomic E-state index is 0.200. The number of rotatable bonds is 7. The molecule has 1 aliphatic rings. The van der Waals surface area contributed by atoms with Crippen molar-refractivity contribution >= 4 is 9.84 Å². The van der Waals surface area contributed by atoms with Gasteiger partial charge in [0.25, 0.3) is 0 Å².